The van der Waals surface area contributed by atoms with Crippen molar-refractivity contribution in [3.8, 4) is 0 Å². The molecule has 0 aromatic carbocycles. The summed E-state index contributed by atoms with van der Waals surface area (Å²) in [7, 11) is 0. The van der Waals surface area contributed by atoms with E-state index in [0.29, 0.717) is 0 Å². The number of carboxylic acids is 1. The van der Waals surface area contributed by atoms with Crippen LogP contribution in [0.3, 0.4) is 0 Å². The molecule has 1 aromatic heterocycles. The Morgan fingerprint density at radius 3 is 2.55 bits per heavy atom. The number of anilines is 2. The van der Waals surface area contributed by atoms with E-state index in [-0.39, 0.29) is 6.54 Å². The fourth-order valence-corrected chi connectivity index (χ4v) is 3.66. The first-order valence-electron chi connectivity index (χ1n) is 7.57. The highest BCUT2D eigenvalue weighted by Gasteiger charge is 2.21. The van der Waals surface area contributed by atoms with Crippen LogP contribution in [-0.4, -0.2) is 83.3 Å². The molecule has 120 valence electrons. The molecule has 2 aliphatic rings. The van der Waals surface area contributed by atoms with Gasteiger partial charge in [0.25, 0.3) is 0 Å². The Hall–Kier alpha value is -1.54. The predicted octanol–water partition coefficient (Wildman–Crippen LogP) is 0.236. The van der Waals surface area contributed by atoms with Crippen LogP contribution >= 0.6 is 11.8 Å². The minimum Gasteiger partial charge on any atom is -0.480 e. The van der Waals surface area contributed by atoms with Crippen LogP contribution in [0, 0.1) is 0 Å². The number of nitrogens with zero attached hydrogens (tertiary/aromatic N) is 5. The summed E-state index contributed by atoms with van der Waals surface area (Å²) in [5.41, 5.74) is 0. The van der Waals surface area contributed by atoms with Gasteiger partial charge in [0.2, 0.25) is 5.95 Å². The number of rotatable bonds is 4. The van der Waals surface area contributed by atoms with Crippen molar-refractivity contribution in [2.75, 3.05) is 67.1 Å². The van der Waals surface area contributed by atoms with Gasteiger partial charge in [0.15, 0.2) is 0 Å². The minimum atomic E-state index is -0.769. The van der Waals surface area contributed by atoms with Crippen molar-refractivity contribution in [3.05, 3.63) is 12.3 Å². The fraction of sp³-hybridized carbons (Fsp3) is 0.643. The van der Waals surface area contributed by atoms with Crippen molar-refractivity contribution in [3.63, 3.8) is 0 Å². The van der Waals surface area contributed by atoms with Crippen molar-refractivity contribution < 1.29 is 9.90 Å². The number of aromatic nitrogens is 2. The standard InChI is InChI=1S/C14H21N5O2S/c20-13(21)11-17-3-5-19(6-4-17)14-15-2-1-12(16-14)18-7-9-22-10-8-18/h1-2H,3-11H2,(H,20,21). The van der Waals surface area contributed by atoms with E-state index >= 15 is 0 Å². The number of carboxylic acid groups (broad SMARTS) is 1. The average Bonchev–Trinajstić information content (AvgIpc) is 2.56. The molecule has 0 amide bonds. The second kappa shape index (κ2) is 7.15. The van der Waals surface area contributed by atoms with E-state index in [1.54, 1.807) is 0 Å². The second-order valence-corrected chi connectivity index (χ2v) is 6.70. The van der Waals surface area contributed by atoms with E-state index < -0.39 is 5.97 Å². The van der Waals surface area contributed by atoms with E-state index in [9.17, 15) is 4.79 Å². The van der Waals surface area contributed by atoms with Gasteiger partial charge in [-0.15, -0.1) is 0 Å². The third kappa shape index (κ3) is 3.80. The molecule has 0 bridgehead atoms. The van der Waals surface area contributed by atoms with Crippen LogP contribution < -0.4 is 9.80 Å². The maximum atomic E-state index is 10.8. The molecule has 3 rings (SSSR count). The van der Waals surface area contributed by atoms with E-state index in [2.05, 4.69) is 14.8 Å². The van der Waals surface area contributed by atoms with E-state index in [1.807, 2.05) is 28.9 Å². The molecule has 8 heteroatoms. The van der Waals surface area contributed by atoms with Crippen LogP contribution in [0.5, 0.6) is 0 Å². The normalized spacial score (nSPS) is 20.2. The highest BCUT2D eigenvalue weighted by atomic mass is 32.2. The SMILES string of the molecule is O=C(O)CN1CCN(c2nccc(N3CCSCC3)n2)CC1. The molecular formula is C14H21N5O2S. The van der Waals surface area contributed by atoms with E-state index in [4.69, 9.17) is 10.1 Å². The van der Waals surface area contributed by atoms with Crippen LogP contribution in [0.15, 0.2) is 12.3 Å². The van der Waals surface area contributed by atoms with E-state index in [1.165, 1.54) is 0 Å². The summed E-state index contributed by atoms with van der Waals surface area (Å²) in [6, 6.07) is 1.97. The Balaban J connectivity index is 1.62. The molecular weight excluding hydrogens is 302 g/mol. The van der Waals surface area contributed by atoms with Crippen molar-refractivity contribution in [1.82, 2.24) is 14.9 Å². The van der Waals surface area contributed by atoms with Gasteiger partial charge < -0.3 is 14.9 Å². The number of thioether (sulfide) groups is 1. The zero-order chi connectivity index (χ0) is 15.4. The molecule has 0 spiro atoms. The molecule has 2 fully saturated rings. The van der Waals surface area contributed by atoms with Crippen LogP contribution in [0.2, 0.25) is 0 Å². The first-order valence-corrected chi connectivity index (χ1v) is 8.73. The van der Waals surface area contributed by atoms with Crippen molar-refractivity contribution in [1.29, 1.82) is 0 Å². The molecule has 3 heterocycles. The lowest BCUT2D eigenvalue weighted by molar-refractivity contribution is -0.138. The Labute approximate surface area is 134 Å². The van der Waals surface area contributed by atoms with Crippen molar-refractivity contribution >= 4 is 29.5 Å². The Bertz CT molecular complexity index is 516. The lowest BCUT2D eigenvalue weighted by atomic mass is 10.3. The van der Waals surface area contributed by atoms with Gasteiger partial charge in [-0.2, -0.15) is 16.7 Å². The summed E-state index contributed by atoms with van der Waals surface area (Å²) >= 11 is 1.98. The predicted molar refractivity (Wildman–Crippen MR) is 87.9 cm³/mol. The number of hydrogen-bond donors (Lipinski definition) is 1. The molecule has 0 atom stereocenters. The van der Waals surface area contributed by atoms with Crippen LogP contribution in [-0.2, 0) is 4.79 Å². The summed E-state index contributed by atoms with van der Waals surface area (Å²) in [6.07, 6.45) is 1.82. The number of hydrogen-bond acceptors (Lipinski definition) is 7. The van der Waals surface area contributed by atoms with Gasteiger partial charge in [-0.25, -0.2) is 4.98 Å². The third-order valence-electron chi connectivity index (χ3n) is 3.98. The molecule has 1 N–H and O–H groups in total. The van der Waals surface area contributed by atoms with Gasteiger partial charge in [-0.05, 0) is 6.07 Å². The Kier molecular flexibility index (Phi) is 4.99. The molecule has 7 nitrogen and oxygen atoms in total. The first kappa shape index (κ1) is 15.4. The molecule has 22 heavy (non-hydrogen) atoms. The molecule has 2 aliphatic heterocycles. The fourth-order valence-electron chi connectivity index (χ4n) is 2.76. The quantitative estimate of drug-likeness (QED) is 0.845. The largest absolute Gasteiger partial charge is 0.480 e. The Morgan fingerprint density at radius 2 is 1.86 bits per heavy atom. The molecule has 1 aromatic rings. The summed E-state index contributed by atoms with van der Waals surface area (Å²) in [4.78, 5) is 26.2. The summed E-state index contributed by atoms with van der Waals surface area (Å²) < 4.78 is 0. The van der Waals surface area contributed by atoms with Crippen LogP contribution in [0.4, 0.5) is 11.8 Å². The number of aliphatic carboxylic acids is 1. The third-order valence-corrected chi connectivity index (χ3v) is 4.92. The summed E-state index contributed by atoms with van der Waals surface area (Å²) in [5.74, 6) is 3.28. The molecule has 0 aliphatic carbocycles. The Morgan fingerprint density at radius 1 is 1.14 bits per heavy atom. The van der Waals surface area contributed by atoms with Crippen LogP contribution in [0.1, 0.15) is 0 Å². The molecule has 2 saturated heterocycles. The summed E-state index contributed by atoms with van der Waals surface area (Å²) in [6.45, 7) is 5.20. The van der Waals surface area contributed by atoms with Gasteiger partial charge in [0.05, 0.1) is 6.54 Å². The second-order valence-electron chi connectivity index (χ2n) is 5.47. The maximum absolute atomic E-state index is 10.8. The lowest BCUT2D eigenvalue weighted by Gasteiger charge is -2.34. The van der Waals surface area contributed by atoms with Gasteiger partial charge in [0.1, 0.15) is 5.82 Å². The smallest absolute Gasteiger partial charge is 0.317 e. The van der Waals surface area contributed by atoms with Gasteiger partial charge in [-0.3, -0.25) is 9.69 Å². The van der Waals surface area contributed by atoms with Gasteiger partial charge in [-0.1, -0.05) is 0 Å². The molecule has 0 unspecified atom stereocenters. The topological polar surface area (TPSA) is 72.8 Å². The summed E-state index contributed by atoms with van der Waals surface area (Å²) in [5, 5.41) is 8.84. The molecule has 0 radical (unpaired) electrons. The van der Waals surface area contributed by atoms with Crippen molar-refractivity contribution in [2.45, 2.75) is 0 Å². The van der Waals surface area contributed by atoms with Gasteiger partial charge >= 0.3 is 5.97 Å². The minimum absolute atomic E-state index is 0.111. The van der Waals surface area contributed by atoms with Crippen molar-refractivity contribution in [2.24, 2.45) is 0 Å². The zero-order valence-corrected chi connectivity index (χ0v) is 13.3. The number of carbonyl (C=O) groups is 1. The highest BCUT2D eigenvalue weighted by molar-refractivity contribution is 7.99. The number of piperazine rings is 1. The average molecular weight is 323 g/mol. The lowest BCUT2D eigenvalue weighted by Crippen LogP contribution is -2.48. The van der Waals surface area contributed by atoms with Crippen LogP contribution in [0.25, 0.3) is 0 Å². The van der Waals surface area contributed by atoms with Gasteiger partial charge in [0, 0.05) is 57.0 Å². The molecule has 0 saturated carbocycles. The first-order chi connectivity index (χ1) is 10.7. The van der Waals surface area contributed by atoms with E-state index in [0.717, 1.165) is 62.5 Å². The monoisotopic (exact) mass is 323 g/mol. The zero-order valence-electron chi connectivity index (χ0n) is 12.5. The maximum Gasteiger partial charge on any atom is 0.317 e. The highest BCUT2D eigenvalue weighted by Crippen LogP contribution is 2.19.